The van der Waals surface area contributed by atoms with Crippen LogP contribution in [0.1, 0.15) is 37.3 Å². The fourth-order valence-electron chi connectivity index (χ4n) is 3.35. The Labute approximate surface area is 126 Å². The molecule has 2 aliphatic rings. The van der Waals surface area contributed by atoms with E-state index in [0.717, 1.165) is 31.5 Å². The molecule has 0 aromatic heterocycles. The molecule has 0 radical (unpaired) electrons. The van der Waals surface area contributed by atoms with E-state index in [0.29, 0.717) is 19.3 Å². The van der Waals surface area contributed by atoms with Crippen LogP contribution in [0, 0.1) is 0 Å². The van der Waals surface area contributed by atoms with Crippen LogP contribution in [-0.2, 0) is 9.53 Å². The molecular weight excluding hydrogens is 264 g/mol. The van der Waals surface area contributed by atoms with Gasteiger partial charge in [0.25, 0.3) is 0 Å². The fraction of sp³-hybridized carbons (Fsp3) is 0.588. The Balaban J connectivity index is 1.75. The first kappa shape index (κ1) is 14.5. The molecule has 4 nitrogen and oxygen atoms in total. The molecule has 1 atom stereocenters. The van der Waals surface area contributed by atoms with E-state index in [2.05, 4.69) is 10.2 Å². The lowest BCUT2D eigenvalue weighted by atomic mass is 10.0. The average Bonchev–Trinajstić information content (AvgIpc) is 3.02. The highest BCUT2D eigenvalue weighted by molar-refractivity contribution is 5.83. The van der Waals surface area contributed by atoms with Gasteiger partial charge in [0.05, 0.1) is 13.2 Å². The van der Waals surface area contributed by atoms with Crippen molar-refractivity contribution in [2.75, 3.05) is 26.3 Å². The van der Waals surface area contributed by atoms with Crippen LogP contribution in [-0.4, -0.2) is 43.2 Å². The monoisotopic (exact) mass is 288 g/mol. The van der Waals surface area contributed by atoms with Gasteiger partial charge in [0, 0.05) is 19.1 Å². The van der Waals surface area contributed by atoms with Gasteiger partial charge in [-0.2, -0.15) is 0 Å². The topological polar surface area (TPSA) is 41.6 Å². The Bertz CT molecular complexity index is 451. The summed E-state index contributed by atoms with van der Waals surface area (Å²) in [5.41, 5.74) is 1.08. The van der Waals surface area contributed by atoms with Crippen LogP contribution in [0.4, 0.5) is 0 Å². The number of hydrogen-bond donors (Lipinski definition) is 1. The number of rotatable bonds is 4. The van der Waals surface area contributed by atoms with Gasteiger partial charge in [-0.3, -0.25) is 9.69 Å². The number of ether oxygens (including phenoxy) is 1. The molecule has 1 aromatic rings. The van der Waals surface area contributed by atoms with Crippen LogP contribution in [0.5, 0.6) is 0 Å². The number of nitrogens with zero attached hydrogens (tertiary/aromatic N) is 1. The summed E-state index contributed by atoms with van der Waals surface area (Å²) in [6.45, 7) is 3.05. The standard InChI is InChI=1S/C17H24N2O2/c20-17(18-15-8-4-5-9-15)16(14-6-2-1-3-7-14)19-10-12-21-13-11-19/h1-3,6-7,15-16H,4-5,8-13H2,(H,18,20)/t16-/m1/s1. The van der Waals surface area contributed by atoms with Crippen molar-refractivity contribution in [1.29, 1.82) is 0 Å². The number of nitrogens with one attached hydrogen (secondary N) is 1. The minimum atomic E-state index is -0.185. The predicted octanol–water partition coefficient (Wildman–Crippen LogP) is 2.12. The Kier molecular flexibility index (Phi) is 4.88. The summed E-state index contributed by atoms with van der Waals surface area (Å²) < 4.78 is 5.43. The largest absolute Gasteiger partial charge is 0.379 e. The van der Waals surface area contributed by atoms with Crippen LogP contribution in [0.15, 0.2) is 30.3 Å². The van der Waals surface area contributed by atoms with E-state index >= 15 is 0 Å². The van der Waals surface area contributed by atoms with Crippen LogP contribution >= 0.6 is 0 Å². The lowest BCUT2D eigenvalue weighted by molar-refractivity contribution is -0.129. The smallest absolute Gasteiger partial charge is 0.242 e. The summed E-state index contributed by atoms with van der Waals surface area (Å²) in [5.74, 6) is 0.148. The second-order valence-corrected chi connectivity index (χ2v) is 5.95. The highest BCUT2D eigenvalue weighted by atomic mass is 16.5. The highest BCUT2D eigenvalue weighted by Crippen LogP contribution is 2.24. The normalized spacial score (nSPS) is 22.1. The number of carbonyl (C=O) groups is 1. The first-order valence-corrected chi connectivity index (χ1v) is 8.02. The van der Waals surface area contributed by atoms with Crippen molar-refractivity contribution in [3.63, 3.8) is 0 Å². The second-order valence-electron chi connectivity index (χ2n) is 5.95. The molecule has 1 aliphatic heterocycles. The van der Waals surface area contributed by atoms with Crippen molar-refractivity contribution in [2.45, 2.75) is 37.8 Å². The molecule has 114 valence electrons. The zero-order valence-electron chi connectivity index (χ0n) is 12.5. The Hall–Kier alpha value is -1.39. The average molecular weight is 288 g/mol. The third-order valence-electron chi connectivity index (χ3n) is 4.48. The molecule has 1 aromatic carbocycles. The van der Waals surface area contributed by atoms with Crippen LogP contribution in [0.2, 0.25) is 0 Å². The molecular formula is C17H24N2O2. The van der Waals surface area contributed by atoms with E-state index in [4.69, 9.17) is 4.74 Å². The molecule has 4 heteroatoms. The molecule has 0 spiro atoms. The maximum Gasteiger partial charge on any atom is 0.242 e. The summed E-state index contributed by atoms with van der Waals surface area (Å²) in [6.07, 6.45) is 4.71. The lowest BCUT2D eigenvalue weighted by Gasteiger charge is -2.34. The molecule has 2 fully saturated rings. The van der Waals surface area contributed by atoms with E-state index in [1.165, 1.54) is 12.8 Å². The van der Waals surface area contributed by atoms with Gasteiger partial charge in [-0.05, 0) is 18.4 Å². The van der Waals surface area contributed by atoms with Gasteiger partial charge in [-0.15, -0.1) is 0 Å². The molecule has 21 heavy (non-hydrogen) atoms. The molecule has 0 unspecified atom stereocenters. The summed E-state index contributed by atoms with van der Waals surface area (Å²) >= 11 is 0. The Morgan fingerprint density at radius 1 is 1.14 bits per heavy atom. The third-order valence-corrected chi connectivity index (χ3v) is 4.48. The van der Waals surface area contributed by atoms with E-state index in [9.17, 15) is 4.79 Å². The lowest BCUT2D eigenvalue weighted by Crippen LogP contribution is -2.47. The molecule has 3 rings (SSSR count). The molecule has 1 saturated carbocycles. The summed E-state index contributed by atoms with van der Waals surface area (Å²) in [4.78, 5) is 15.0. The van der Waals surface area contributed by atoms with E-state index in [-0.39, 0.29) is 11.9 Å². The van der Waals surface area contributed by atoms with Gasteiger partial charge in [0.2, 0.25) is 5.91 Å². The summed E-state index contributed by atoms with van der Waals surface area (Å²) in [5, 5.41) is 3.25. The van der Waals surface area contributed by atoms with Gasteiger partial charge in [-0.1, -0.05) is 43.2 Å². The zero-order valence-corrected chi connectivity index (χ0v) is 12.5. The number of hydrogen-bond acceptors (Lipinski definition) is 3. The van der Waals surface area contributed by atoms with Crippen molar-refractivity contribution in [3.05, 3.63) is 35.9 Å². The van der Waals surface area contributed by atoms with Crippen LogP contribution in [0.25, 0.3) is 0 Å². The van der Waals surface area contributed by atoms with Gasteiger partial charge in [0.15, 0.2) is 0 Å². The molecule has 1 aliphatic carbocycles. The Morgan fingerprint density at radius 2 is 1.81 bits per heavy atom. The van der Waals surface area contributed by atoms with E-state index in [1.807, 2.05) is 30.3 Å². The fourth-order valence-corrected chi connectivity index (χ4v) is 3.35. The molecule has 1 N–H and O–H groups in total. The van der Waals surface area contributed by atoms with Gasteiger partial charge in [-0.25, -0.2) is 0 Å². The molecule has 1 saturated heterocycles. The second kappa shape index (κ2) is 7.05. The van der Waals surface area contributed by atoms with Gasteiger partial charge in [0.1, 0.15) is 6.04 Å². The Morgan fingerprint density at radius 3 is 2.48 bits per heavy atom. The van der Waals surface area contributed by atoms with E-state index < -0.39 is 0 Å². The molecule has 1 amide bonds. The quantitative estimate of drug-likeness (QED) is 0.922. The number of benzene rings is 1. The predicted molar refractivity (Wildman–Crippen MR) is 82.0 cm³/mol. The van der Waals surface area contributed by atoms with Crippen molar-refractivity contribution in [2.24, 2.45) is 0 Å². The maximum atomic E-state index is 12.8. The van der Waals surface area contributed by atoms with Crippen LogP contribution in [0.3, 0.4) is 0 Å². The maximum absolute atomic E-state index is 12.8. The van der Waals surface area contributed by atoms with Crippen molar-refractivity contribution in [1.82, 2.24) is 10.2 Å². The van der Waals surface area contributed by atoms with E-state index in [1.54, 1.807) is 0 Å². The summed E-state index contributed by atoms with van der Waals surface area (Å²) in [6, 6.07) is 10.3. The SMILES string of the molecule is O=C(NC1CCCC1)[C@@H](c1ccccc1)N1CCOCC1. The van der Waals surface area contributed by atoms with Crippen LogP contribution < -0.4 is 5.32 Å². The van der Waals surface area contributed by atoms with Gasteiger partial charge >= 0.3 is 0 Å². The minimum Gasteiger partial charge on any atom is -0.379 e. The van der Waals surface area contributed by atoms with Crippen molar-refractivity contribution < 1.29 is 9.53 Å². The number of carbonyl (C=O) groups excluding carboxylic acids is 1. The first-order valence-electron chi connectivity index (χ1n) is 8.02. The minimum absolute atomic E-state index is 0.148. The number of morpholine rings is 1. The van der Waals surface area contributed by atoms with Gasteiger partial charge < -0.3 is 10.1 Å². The number of amides is 1. The third kappa shape index (κ3) is 3.63. The van der Waals surface area contributed by atoms with Crippen molar-refractivity contribution >= 4 is 5.91 Å². The zero-order chi connectivity index (χ0) is 14.5. The summed E-state index contributed by atoms with van der Waals surface area (Å²) in [7, 11) is 0. The highest BCUT2D eigenvalue weighted by Gasteiger charge is 2.30. The molecule has 1 heterocycles. The first-order chi connectivity index (χ1) is 10.3. The van der Waals surface area contributed by atoms with Crippen molar-refractivity contribution in [3.8, 4) is 0 Å². The molecule has 0 bridgehead atoms.